The van der Waals surface area contributed by atoms with E-state index in [0.717, 1.165) is 0 Å². The summed E-state index contributed by atoms with van der Waals surface area (Å²) < 4.78 is 6.23. The molecule has 0 fully saturated rings. The van der Waals surface area contributed by atoms with Crippen molar-refractivity contribution in [3.63, 3.8) is 0 Å². The second-order valence-corrected chi connectivity index (χ2v) is 5.16. The number of carbonyl (C=O) groups excluding carboxylic acids is 1. The van der Waals surface area contributed by atoms with Crippen LogP contribution in [-0.2, 0) is 9.53 Å². The number of rotatable bonds is 3. The number of carbonyl (C=O) groups is 1. The van der Waals surface area contributed by atoms with E-state index < -0.39 is 0 Å². The molecular formula is C13H14O2Se. The molecular weight excluding hydrogens is 267 g/mol. The Morgan fingerprint density at radius 1 is 1.44 bits per heavy atom. The average molecular weight is 281 g/mol. The van der Waals surface area contributed by atoms with E-state index in [1.807, 2.05) is 25.1 Å². The summed E-state index contributed by atoms with van der Waals surface area (Å²) >= 11 is 0.192. The zero-order valence-corrected chi connectivity index (χ0v) is 11.1. The first-order valence-electron chi connectivity index (χ1n) is 5.05. The van der Waals surface area contributed by atoms with Gasteiger partial charge in [0.05, 0.1) is 0 Å². The van der Waals surface area contributed by atoms with Crippen molar-refractivity contribution in [1.82, 2.24) is 0 Å². The van der Waals surface area contributed by atoms with Gasteiger partial charge in [-0.25, -0.2) is 0 Å². The number of esters is 1. The van der Waals surface area contributed by atoms with E-state index in [1.165, 1.54) is 11.4 Å². The molecule has 1 aromatic rings. The third-order valence-corrected chi connectivity index (χ3v) is 3.32. The first-order chi connectivity index (χ1) is 7.68. The molecule has 16 heavy (non-hydrogen) atoms. The van der Waals surface area contributed by atoms with Gasteiger partial charge in [0, 0.05) is 0 Å². The molecule has 0 amide bonds. The Hall–Kier alpha value is -1.23. The Labute approximate surface area is 103 Å². The molecule has 2 nitrogen and oxygen atoms in total. The van der Waals surface area contributed by atoms with Crippen LogP contribution in [0.4, 0.5) is 0 Å². The molecule has 1 aromatic carbocycles. The van der Waals surface area contributed by atoms with Crippen molar-refractivity contribution in [1.29, 1.82) is 0 Å². The molecule has 1 atom stereocenters. The predicted molar refractivity (Wildman–Crippen MR) is 65.5 cm³/mol. The van der Waals surface area contributed by atoms with E-state index in [-0.39, 0.29) is 27.0 Å². The first-order valence-corrected chi connectivity index (χ1v) is 6.77. The SMILES string of the molecule is CC(=O)OC(C)CC#C[Se]c1ccccc1. The second-order valence-electron chi connectivity index (χ2n) is 3.32. The Bertz CT molecular complexity index is 389. The van der Waals surface area contributed by atoms with Crippen molar-refractivity contribution in [2.24, 2.45) is 0 Å². The summed E-state index contributed by atoms with van der Waals surface area (Å²) in [4.78, 5) is 13.8. The van der Waals surface area contributed by atoms with Crippen LogP contribution in [0.5, 0.6) is 0 Å². The quantitative estimate of drug-likeness (QED) is 0.474. The summed E-state index contributed by atoms with van der Waals surface area (Å²) in [5.41, 5.74) is 0. The summed E-state index contributed by atoms with van der Waals surface area (Å²) in [6.07, 6.45) is 0.491. The van der Waals surface area contributed by atoms with Crippen molar-refractivity contribution < 1.29 is 9.53 Å². The molecule has 0 heterocycles. The minimum absolute atomic E-state index is 0.114. The number of benzene rings is 1. The van der Waals surface area contributed by atoms with Crippen molar-refractivity contribution >= 4 is 25.4 Å². The van der Waals surface area contributed by atoms with Crippen LogP contribution in [0.2, 0.25) is 0 Å². The maximum atomic E-state index is 10.6. The molecule has 0 radical (unpaired) electrons. The van der Waals surface area contributed by atoms with Crippen molar-refractivity contribution in [3.8, 4) is 10.7 Å². The van der Waals surface area contributed by atoms with E-state index >= 15 is 0 Å². The van der Waals surface area contributed by atoms with Crippen molar-refractivity contribution in [2.45, 2.75) is 26.4 Å². The molecule has 3 heteroatoms. The van der Waals surface area contributed by atoms with E-state index in [2.05, 4.69) is 22.9 Å². The molecule has 0 spiro atoms. The Morgan fingerprint density at radius 3 is 2.75 bits per heavy atom. The summed E-state index contributed by atoms with van der Waals surface area (Å²) in [6, 6.07) is 10.2. The summed E-state index contributed by atoms with van der Waals surface area (Å²) in [6.45, 7) is 3.27. The molecule has 0 bridgehead atoms. The minimum atomic E-state index is -0.247. The van der Waals surface area contributed by atoms with Crippen molar-refractivity contribution in [2.75, 3.05) is 0 Å². The van der Waals surface area contributed by atoms with Crippen LogP contribution in [0.3, 0.4) is 0 Å². The maximum absolute atomic E-state index is 10.6. The van der Waals surface area contributed by atoms with Gasteiger partial charge in [-0.15, -0.1) is 0 Å². The Kier molecular flexibility index (Phi) is 5.71. The Morgan fingerprint density at radius 2 is 2.12 bits per heavy atom. The number of hydrogen-bond acceptors (Lipinski definition) is 2. The van der Waals surface area contributed by atoms with Gasteiger partial charge in [0.25, 0.3) is 0 Å². The number of ether oxygens (including phenoxy) is 1. The second kappa shape index (κ2) is 7.11. The molecule has 0 aliphatic carbocycles. The molecule has 0 aromatic heterocycles. The van der Waals surface area contributed by atoms with Crippen LogP contribution in [0.25, 0.3) is 0 Å². The standard InChI is InChI=1S/C13H14O2Se/c1-11(15-12(2)14)7-6-10-16-13-8-4-3-5-9-13/h3-5,8-9,11H,7H2,1-2H3. The molecule has 0 N–H and O–H groups in total. The molecule has 84 valence electrons. The molecule has 0 saturated carbocycles. The van der Waals surface area contributed by atoms with Gasteiger partial charge in [-0.1, -0.05) is 0 Å². The van der Waals surface area contributed by atoms with Gasteiger partial charge in [0.2, 0.25) is 0 Å². The molecule has 1 unspecified atom stereocenters. The van der Waals surface area contributed by atoms with Gasteiger partial charge >= 0.3 is 102 Å². The fourth-order valence-corrected chi connectivity index (χ4v) is 2.28. The van der Waals surface area contributed by atoms with Crippen molar-refractivity contribution in [3.05, 3.63) is 30.3 Å². The van der Waals surface area contributed by atoms with E-state index in [4.69, 9.17) is 4.74 Å². The van der Waals surface area contributed by atoms with Crippen LogP contribution < -0.4 is 4.46 Å². The fraction of sp³-hybridized carbons (Fsp3) is 0.308. The normalized spacial score (nSPS) is 11.1. The first kappa shape index (κ1) is 12.8. The van der Waals surface area contributed by atoms with Crippen LogP contribution in [0, 0.1) is 10.7 Å². The van der Waals surface area contributed by atoms with Crippen LogP contribution >= 0.6 is 0 Å². The van der Waals surface area contributed by atoms with Crippen LogP contribution in [0.15, 0.2) is 30.3 Å². The zero-order valence-electron chi connectivity index (χ0n) is 9.40. The topological polar surface area (TPSA) is 26.3 Å². The third-order valence-electron chi connectivity index (χ3n) is 1.74. The monoisotopic (exact) mass is 282 g/mol. The van der Waals surface area contributed by atoms with Crippen LogP contribution in [0.1, 0.15) is 20.3 Å². The number of hydrogen-bond donors (Lipinski definition) is 0. The molecule has 0 aliphatic rings. The van der Waals surface area contributed by atoms with E-state index in [9.17, 15) is 4.79 Å². The summed E-state index contributed by atoms with van der Waals surface area (Å²) in [5, 5.41) is 0. The molecule has 0 saturated heterocycles. The molecule has 0 aliphatic heterocycles. The summed E-state index contributed by atoms with van der Waals surface area (Å²) in [7, 11) is 0. The fourth-order valence-electron chi connectivity index (χ4n) is 1.09. The van der Waals surface area contributed by atoms with E-state index in [0.29, 0.717) is 6.42 Å². The van der Waals surface area contributed by atoms with Gasteiger partial charge in [-0.3, -0.25) is 0 Å². The third kappa shape index (κ3) is 5.60. The van der Waals surface area contributed by atoms with Gasteiger partial charge in [0.1, 0.15) is 0 Å². The predicted octanol–water partition coefficient (Wildman–Crippen LogP) is 1.32. The average Bonchev–Trinajstić information content (AvgIpc) is 2.25. The van der Waals surface area contributed by atoms with Gasteiger partial charge in [-0.2, -0.15) is 0 Å². The van der Waals surface area contributed by atoms with Gasteiger partial charge in [-0.05, 0) is 0 Å². The Balaban J connectivity index is 2.31. The van der Waals surface area contributed by atoms with Gasteiger partial charge < -0.3 is 0 Å². The van der Waals surface area contributed by atoms with Crippen LogP contribution in [-0.4, -0.2) is 27.0 Å². The summed E-state index contributed by atoms with van der Waals surface area (Å²) in [5.74, 6) is 2.79. The van der Waals surface area contributed by atoms with E-state index in [1.54, 1.807) is 0 Å². The zero-order chi connectivity index (χ0) is 11.8. The van der Waals surface area contributed by atoms with Gasteiger partial charge in [0.15, 0.2) is 0 Å². The molecule has 1 rings (SSSR count).